The molecule has 1 aromatic rings. The molecule has 0 aromatic heterocycles. The van der Waals surface area contributed by atoms with Gasteiger partial charge in [-0.25, -0.2) is 0 Å². The van der Waals surface area contributed by atoms with Crippen LogP contribution >= 0.6 is 0 Å². The largest absolute Gasteiger partial charge is 0.496 e. The molecular weight excluding hydrogens is 238 g/mol. The maximum absolute atomic E-state index is 9.65. The zero-order valence-corrected chi connectivity index (χ0v) is 12.1. The molecular formula is C16H25NO2. The third kappa shape index (κ3) is 5.90. The van der Waals surface area contributed by atoms with Gasteiger partial charge in [0.15, 0.2) is 0 Å². The van der Waals surface area contributed by atoms with Crippen molar-refractivity contribution in [2.75, 3.05) is 20.2 Å². The Morgan fingerprint density at radius 2 is 2.05 bits per heavy atom. The van der Waals surface area contributed by atoms with Gasteiger partial charge in [-0.15, -0.1) is 0 Å². The predicted octanol–water partition coefficient (Wildman–Crippen LogP) is 2.71. The van der Waals surface area contributed by atoms with Crippen LogP contribution in [-0.2, 0) is 0 Å². The maximum atomic E-state index is 9.65. The highest BCUT2D eigenvalue weighted by atomic mass is 16.5. The molecule has 0 spiro atoms. The normalized spacial score (nSPS) is 13.1. The van der Waals surface area contributed by atoms with Crippen molar-refractivity contribution in [3.05, 3.63) is 35.9 Å². The van der Waals surface area contributed by atoms with Gasteiger partial charge >= 0.3 is 0 Å². The van der Waals surface area contributed by atoms with Crippen molar-refractivity contribution in [2.45, 2.75) is 26.4 Å². The monoisotopic (exact) mass is 263 g/mol. The first-order valence-electron chi connectivity index (χ1n) is 6.83. The molecule has 0 aliphatic rings. The molecule has 0 fully saturated rings. The average molecular weight is 263 g/mol. The molecule has 1 unspecified atom stereocenters. The zero-order chi connectivity index (χ0) is 14.1. The summed E-state index contributed by atoms with van der Waals surface area (Å²) < 4.78 is 5.28. The van der Waals surface area contributed by atoms with Crippen LogP contribution in [0.25, 0.3) is 6.08 Å². The van der Waals surface area contributed by atoms with Gasteiger partial charge in [0.05, 0.1) is 13.2 Å². The summed E-state index contributed by atoms with van der Waals surface area (Å²) in [5.41, 5.74) is 1.08. The summed E-state index contributed by atoms with van der Waals surface area (Å²) >= 11 is 0. The maximum Gasteiger partial charge on any atom is 0.126 e. The fourth-order valence-corrected chi connectivity index (χ4v) is 1.76. The van der Waals surface area contributed by atoms with E-state index in [2.05, 4.69) is 11.4 Å². The minimum Gasteiger partial charge on any atom is -0.496 e. The molecule has 2 N–H and O–H groups in total. The Kier molecular flexibility index (Phi) is 7.23. The third-order valence-electron chi connectivity index (χ3n) is 3.08. The van der Waals surface area contributed by atoms with E-state index < -0.39 is 0 Å². The summed E-state index contributed by atoms with van der Waals surface area (Å²) in [7, 11) is 1.68. The summed E-state index contributed by atoms with van der Waals surface area (Å²) in [6.45, 7) is 5.69. The van der Waals surface area contributed by atoms with E-state index in [1.54, 1.807) is 7.11 Å². The van der Waals surface area contributed by atoms with Crippen molar-refractivity contribution in [3.63, 3.8) is 0 Å². The summed E-state index contributed by atoms with van der Waals surface area (Å²) in [5, 5.41) is 12.9. The molecule has 0 saturated heterocycles. The standard InChI is InChI=1S/C16H25NO2/c1-13(2)15(18)10-12-17-11-6-8-14-7-4-5-9-16(14)19-3/h4-9,13,15,17-18H,10-12H2,1-3H3. The van der Waals surface area contributed by atoms with E-state index in [1.165, 1.54) is 0 Å². The van der Waals surface area contributed by atoms with E-state index >= 15 is 0 Å². The van der Waals surface area contributed by atoms with E-state index in [-0.39, 0.29) is 6.10 Å². The minimum absolute atomic E-state index is 0.217. The molecule has 1 rings (SSSR count). The van der Waals surface area contributed by atoms with Crippen LogP contribution in [0.4, 0.5) is 0 Å². The summed E-state index contributed by atoms with van der Waals surface area (Å²) in [4.78, 5) is 0. The molecule has 0 bridgehead atoms. The van der Waals surface area contributed by atoms with Crippen molar-refractivity contribution < 1.29 is 9.84 Å². The first kappa shape index (κ1) is 15.7. The Morgan fingerprint density at radius 3 is 2.74 bits per heavy atom. The van der Waals surface area contributed by atoms with Gasteiger partial charge in [-0.1, -0.05) is 44.2 Å². The van der Waals surface area contributed by atoms with Gasteiger partial charge < -0.3 is 15.2 Å². The van der Waals surface area contributed by atoms with Gasteiger partial charge in [-0.2, -0.15) is 0 Å². The average Bonchev–Trinajstić information content (AvgIpc) is 2.42. The van der Waals surface area contributed by atoms with E-state index in [4.69, 9.17) is 4.74 Å². The minimum atomic E-state index is -0.217. The molecule has 106 valence electrons. The van der Waals surface area contributed by atoms with Crippen LogP contribution in [0.5, 0.6) is 5.75 Å². The fourth-order valence-electron chi connectivity index (χ4n) is 1.76. The van der Waals surface area contributed by atoms with Crippen molar-refractivity contribution in [3.8, 4) is 5.75 Å². The summed E-state index contributed by atoms with van der Waals surface area (Å²) in [6.07, 6.45) is 4.69. The molecule has 0 amide bonds. The molecule has 1 atom stereocenters. The Hall–Kier alpha value is -1.32. The molecule has 19 heavy (non-hydrogen) atoms. The Labute approximate surface area is 116 Å². The van der Waals surface area contributed by atoms with Crippen LogP contribution in [0.15, 0.2) is 30.3 Å². The lowest BCUT2D eigenvalue weighted by Crippen LogP contribution is -2.23. The van der Waals surface area contributed by atoms with Gasteiger partial charge in [0.25, 0.3) is 0 Å². The van der Waals surface area contributed by atoms with Crippen molar-refractivity contribution in [1.82, 2.24) is 5.32 Å². The highest BCUT2D eigenvalue weighted by Crippen LogP contribution is 2.18. The number of para-hydroxylation sites is 1. The molecule has 0 aliphatic carbocycles. The van der Waals surface area contributed by atoms with Gasteiger partial charge in [0, 0.05) is 12.1 Å². The van der Waals surface area contributed by atoms with Crippen LogP contribution in [0.1, 0.15) is 25.8 Å². The number of methoxy groups -OCH3 is 1. The number of hydrogen-bond acceptors (Lipinski definition) is 3. The number of rotatable bonds is 8. The summed E-state index contributed by atoms with van der Waals surface area (Å²) in [6, 6.07) is 7.93. The second-order valence-corrected chi connectivity index (χ2v) is 4.95. The van der Waals surface area contributed by atoms with Gasteiger partial charge in [-0.3, -0.25) is 0 Å². The lowest BCUT2D eigenvalue weighted by atomic mass is 10.0. The number of aliphatic hydroxyl groups excluding tert-OH is 1. The SMILES string of the molecule is COc1ccccc1C=CCNCCC(O)C(C)C. The van der Waals surface area contributed by atoms with Crippen LogP contribution in [0.3, 0.4) is 0 Å². The number of benzene rings is 1. The number of nitrogens with one attached hydrogen (secondary N) is 1. The van der Waals surface area contributed by atoms with Gasteiger partial charge in [0.2, 0.25) is 0 Å². The quantitative estimate of drug-likeness (QED) is 0.709. The molecule has 0 radical (unpaired) electrons. The third-order valence-corrected chi connectivity index (χ3v) is 3.08. The Morgan fingerprint density at radius 1 is 1.32 bits per heavy atom. The zero-order valence-electron chi connectivity index (χ0n) is 12.1. The van der Waals surface area contributed by atoms with Crippen LogP contribution < -0.4 is 10.1 Å². The topological polar surface area (TPSA) is 41.5 Å². The van der Waals surface area contributed by atoms with Crippen molar-refractivity contribution in [2.24, 2.45) is 5.92 Å². The van der Waals surface area contributed by atoms with Crippen LogP contribution in [0.2, 0.25) is 0 Å². The highest BCUT2D eigenvalue weighted by molar-refractivity contribution is 5.57. The van der Waals surface area contributed by atoms with Crippen molar-refractivity contribution >= 4 is 6.08 Å². The fraction of sp³-hybridized carbons (Fsp3) is 0.500. The smallest absolute Gasteiger partial charge is 0.126 e. The highest BCUT2D eigenvalue weighted by Gasteiger charge is 2.07. The summed E-state index contributed by atoms with van der Waals surface area (Å²) in [5.74, 6) is 1.21. The molecule has 3 heteroatoms. The number of aliphatic hydroxyl groups is 1. The lowest BCUT2D eigenvalue weighted by Gasteiger charge is -2.13. The number of hydrogen-bond donors (Lipinski definition) is 2. The second kappa shape index (κ2) is 8.73. The Bertz CT molecular complexity index is 388. The van der Waals surface area contributed by atoms with Crippen LogP contribution in [-0.4, -0.2) is 31.4 Å². The van der Waals surface area contributed by atoms with E-state index in [0.29, 0.717) is 5.92 Å². The van der Waals surface area contributed by atoms with E-state index in [0.717, 1.165) is 30.8 Å². The predicted molar refractivity (Wildman–Crippen MR) is 80.4 cm³/mol. The first-order chi connectivity index (χ1) is 9.15. The van der Waals surface area contributed by atoms with Crippen molar-refractivity contribution in [1.29, 1.82) is 0 Å². The molecule has 0 heterocycles. The van der Waals surface area contributed by atoms with E-state index in [1.807, 2.05) is 44.2 Å². The Balaban J connectivity index is 2.27. The van der Waals surface area contributed by atoms with E-state index in [9.17, 15) is 5.11 Å². The second-order valence-electron chi connectivity index (χ2n) is 4.95. The molecule has 3 nitrogen and oxygen atoms in total. The first-order valence-corrected chi connectivity index (χ1v) is 6.83. The number of ether oxygens (including phenoxy) is 1. The van der Waals surface area contributed by atoms with Gasteiger partial charge in [0.1, 0.15) is 5.75 Å². The lowest BCUT2D eigenvalue weighted by molar-refractivity contribution is 0.116. The molecule has 0 saturated carbocycles. The van der Waals surface area contributed by atoms with Crippen LogP contribution in [0, 0.1) is 5.92 Å². The van der Waals surface area contributed by atoms with Gasteiger partial charge in [-0.05, 0) is 24.9 Å². The molecule has 1 aromatic carbocycles. The molecule has 0 aliphatic heterocycles.